The average molecular weight is 264 g/mol. The van der Waals surface area contributed by atoms with Crippen LogP contribution in [0.2, 0.25) is 0 Å². The first-order chi connectivity index (χ1) is 9.06. The van der Waals surface area contributed by atoms with Crippen LogP contribution in [0.1, 0.15) is 43.5 Å². The molecule has 0 aliphatic heterocycles. The van der Waals surface area contributed by atoms with Crippen LogP contribution in [-0.2, 0) is 0 Å². The standard InChI is InChI=1S/C14H20N2O3/c1-3-5-11(4-2)15-14(19)16-12-8-6-10(7-9-12)13(17)18/h6-9,11H,3-5H2,1-2H3,(H,17,18)(H2,15,16,19). The van der Waals surface area contributed by atoms with Crippen molar-refractivity contribution in [2.24, 2.45) is 0 Å². The molecule has 1 aromatic carbocycles. The molecule has 0 saturated heterocycles. The van der Waals surface area contributed by atoms with Crippen LogP contribution in [0, 0.1) is 0 Å². The molecule has 0 heterocycles. The molecule has 0 fully saturated rings. The van der Waals surface area contributed by atoms with Gasteiger partial charge in [-0.15, -0.1) is 0 Å². The Morgan fingerprint density at radius 2 is 1.84 bits per heavy atom. The van der Waals surface area contributed by atoms with Gasteiger partial charge >= 0.3 is 12.0 Å². The third kappa shape index (κ3) is 4.99. The van der Waals surface area contributed by atoms with E-state index in [1.165, 1.54) is 12.1 Å². The number of rotatable bonds is 6. The summed E-state index contributed by atoms with van der Waals surface area (Å²) in [6, 6.07) is 5.97. The summed E-state index contributed by atoms with van der Waals surface area (Å²) >= 11 is 0. The number of hydrogen-bond donors (Lipinski definition) is 3. The van der Waals surface area contributed by atoms with Gasteiger partial charge in [-0.25, -0.2) is 9.59 Å². The molecule has 5 heteroatoms. The molecule has 0 radical (unpaired) electrons. The number of carbonyl (C=O) groups excluding carboxylic acids is 1. The smallest absolute Gasteiger partial charge is 0.335 e. The fourth-order valence-corrected chi connectivity index (χ4v) is 1.78. The number of aromatic carboxylic acids is 1. The van der Waals surface area contributed by atoms with E-state index in [0.717, 1.165) is 19.3 Å². The fourth-order valence-electron chi connectivity index (χ4n) is 1.78. The number of anilines is 1. The molecule has 104 valence electrons. The quantitative estimate of drug-likeness (QED) is 0.738. The molecule has 0 aliphatic rings. The zero-order chi connectivity index (χ0) is 14.3. The van der Waals surface area contributed by atoms with E-state index in [9.17, 15) is 9.59 Å². The zero-order valence-electron chi connectivity index (χ0n) is 11.3. The summed E-state index contributed by atoms with van der Waals surface area (Å²) < 4.78 is 0. The molecule has 2 amide bonds. The molecule has 0 aliphatic carbocycles. The number of carboxylic acids is 1. The van der Waals surface area contributed by atoms with Crippen LogP contribution in [0.5, 0.6) is 0 Å². The van der Waals surface area contributed by atoms with Gasteiger partial charge in [-0.05, 0) is 37.1 Å². The molecule has 0 spiro atoms. The Bertz CT molecular complexity index is 429. The Morgan fingerprint density at radius 3 is 2.32 bits per heavy atom. The van der Waals surface area contributed by atoms with Crippen LogP contribution in [-0.4, -0.2) is 23.1 Å². The summed E-state index contributed by atoms with van der Waals surface area (Å²) in [5.41, 5.74) is 0.775. The first kappa shape index (κ1) is 15.0. The highest BCUT2D eigenvalue weighted by atomic mass is 16.4. The van der Waals surface area contributed by atoms with Gasteiger partial charge in [-0.2, -0.15) is 0 Å². The molecule has 1 unspecified atom stereocenters. The van der Waals surface area contributed by atoms with Gasteiger partial charge in [0.05, 0.1) is 5.56 Å². The Balaban J connectivity index is 2.54. The van der Waals surface area contributed by atoms with E-state index in [1.54, 1.807) is 12.1 Å². The Hall–Kier alpha value is -2.04. The lowest BCUT2D eigenvalue weighted by atomic mass is 10.1. The number of benzene rings is 1. The number of amides is 2. The van der Waals surface area contributed by atoms with Crippen molar-refractivity contribution in [2.45, 2.75) is 39.2 Å². The van der Waals surface area contributed by atoms with Crippen molar-refractivity contribution in [1.29, 1.82) is 0 Å². The van der Waals surface area contributed by atoms with E-state index in [4.69, 9.17) is 5.11 Å². The third-order valence-electron chi connectivity index (χ3n) is 2.85. The van der Waals surface area contributed by atoms with E-state index in [-0.39, 0.29) is 17.6 Å². The van der Waals surface area contributed by atoms with Gasteiger partial charge in [0.25, 0.3) is 0 Å². The van der Waals surface area contributed by atoms with Crippen LogP contribution in [0.15, 0.2) is 24.3 Å². The van der Waals surface area contributed by atoms with Crippen LogP contribution in [0.25, 0.3) is 0 Å². The number of hydrogen-bond acceptors (Lipinski definition) is 2. The highest BCUT2D eigenvalue weighted by Gasteiger charge is 2.09. The van der Waals surface area contributed by atoms with Crippen LogP contribution in [0.4, 0.5) is 10.5 Å². The SMILES string of the molecule is CCCC(CC)NC(=O)Nc1ccc(C(=O)O)cc1. The van der Waals surface area contributed by atoms with E-state index in [0.29, 0.717) is 5.69 Å². The normalized spacial score (nSPS) is 11.7. The minimum absolute atomic E-state index is 0.170. The van der Waals surface area contributed by atoms with E-state index < -0.39 is 5.97 Å². The lowest BCUT2D eigenvalue weighted by Gasteiger charge is -2.16. The van der Waals surface area contributed by atoms with Crippen LogP contribution < -0.4 is 10.6 Å². The summed E-state index contributed by atoms with van der Waals surface area (Å²) in [5, 5.41) is 14.3. The van der Waals surface area contributed by atoms with Crippen LogP contribution in [0.3, 0.4) is 0 Å². The monoisotopic (exact) mass is 264 g/mol. The van der Waals surface area contributed by atoms with Gasteiger partial charge < -0.3 is 15.7 Å². The highest BCUT2D eigenvalue weighted by Crippen LogP contribution is 2.10. The lowest BCUT2D eigenvalue weighted by Crippen LogP contribution is -2.37. The van der Waals surface area contributed by atoms with Crippen molar-refractivity contribution in [1.82, 2.24) is 5.32 Å². The second-order valence-electron chi connectivity index (χ2n) is 4.37. The summed E-state index contributed by atoms with van der Waals surface area (Å²) in [7, 11) is 0. The predicted molar refractivity (Wildman–Crippen MR) is 74.5 cm³/mol. The van der Waals surface area contributed by atoms with Crippen molar-refractivity contribution >= 4 is 17.7 Å². The maximum Gasteiger partial charge on any atom is 0.335 e. The van der Waals surface area contributed by atoms with Gasteiger partial charge in [-0.3, -0.25) is 0 Å². The molecule has 1 atom stereocenters. The third-order valence-corrected chi connectivity index (χ3v) is 2.85. The maximum absolute atomic E-state index is 11.7. The molecule has 1 aromatic rings. The number of urea groups is 1. The van der Waals surface area contributed by atoms with Gasteiger partial charge in [0.15, 0.2) is 0 Å². The molecule has 0 aromatic heterocycles. The Morgan fingerprint density at radius 1 is 1.21 bits per heavy atom. The summed E-state index contributed by atoms with van der Waals surface area (Å²) in [6.45, 7) is 4.11. The van der Waals surface area contributed by atoms with Crippen LogP contribution >= 0.6 is 0 Å². The topological polar surface area (TPSA) is 78.4 Å². The predicted octanol–water partition coefficient (Wildman–Crippen LogP) is 3.09. The minimum atomic E-state index is -0.981. The first-order valence-electron chi connectivity index (χ1n) is 6.47. The molecular formula is C14H20N2O3. The van der Waals surface area contributed by atoms with E-state index in [1.807, 2.05) is 6.92 Å². The van der Waals surface area contributed by atoms with Gasteiger partial charge in [0.1, 0.15) is 0 Å². The van der Waals surface area contributed by atoms with Crippen molar-refractivity contribution in [2.75, 3.05) is 5.32 Å². The number of carbonyl (C=O) groups is 2. The van der Waals surface area contributed by atoms with Crippen molar-refractivity contribution in [3.63, 3.8) is 0 Å². The maximum atomic E-state index is 11.7. The van der Waals surface area contributed by atoms with E-state index >= 15 is 0 Å². The summed E-state index contributed by atoms with van der Waals surface area (Å²) in [4.78, 5) is 22.4. The molecule has 3 N–H and O–H groups in total. The van der Waals surface area contributed by atoms with Crippen molar-refractivity contribution in [3.05, 3.63) is 29.8 Å². The molecular weight excluding hydrogens is 244 g/mol. The molecule has 0 bridgehead atoms. The molecule has 1 rings (SSSR count). The fraction of sp³-hybridized carbons (Fsp3) is 0.429. The zero-order valence-corrected chi connectivity index (χ0v) is 11.3. The van der Waals surface area contributed by atoms with Crippen molar-refractivity contribution < 1.29 is 14.7 Å². The van der Waals surface area contributed by atoms with Gasteiger partial charge in [0, 0.05) is 11.7 Å². The Kier molecular flexibility index (Phi) is 5.85. The lowest BCUT2D eigenvalue weighted by molar-refractivity contribution is 0.0697. The summed E-state index contributed by atoms with van der Waals surface area (Å²) in [6.07, 6.45) is 2.85. The number of carboxylic acid groups (broad SMARTS) is 1. The second-order valence-corrected chi connectivity index (χ2v) is 4.37. The molecule has 0 saturated carbocycles. The van der Waals surface area contributed by atoms with Crippen molar-refractivity contribution in [3.8, 4) is 0 Å². The Labute approximate surface area is 113 Å². The largest absolute Gasteiger partial charge is 0.478 e. The van der Waals surface area contributed by atoms with Gasteiger partial charge in [0.2, 0.25) is 0 Å². The first-order valence-corrected chi connectivity index (χ1v) is 6.47. The second kappa shape index (κ2) is 7.41. The summed E-state index contributed by atoms with van der Waals surface area (Å²) in [5.74, 6) is -0.981. The average Bonchev–Trinajstić information content (AvgIpc) is 2.38. The number of nitrogens with one attached hydrogen (secondary N) is 2. The van der Waals surface area contributed by atoms with E-state index in [2.05, 4.69) is 17.6 Å². The van der Waals surface area contributed by atoms with Gasteiger partial charge in [-0.1, -0.05) is 20.3 Å². The highest BCUT2D eigenvalue weighted by molar-refractivity contribution is 5.91. The molecule has 5 nitrogen and oxygen atoms in total. The minimum Gasteiger partial charge on any atom is -0.478 e. The molecule has 19 heavy (non-hydrogen) atoms.